The van der Waals surface area contributed by atoms with Crippen LogP contribution < -0.4 is 5.56 Å². The maximum atomic E-state index is 11.5. The topological polar surface area (TPSA) is 25.2 Å². The van der Waals surface area contributed by atoms with Gasteiger partial charge in [0.2, 0.25) is 0 Å². The Morgan fingerprint density at radius 3 is 2.76 bits per heavy atom. The molecule has 1 rings (SSSR count). The third-order valence-electron chi connectivity index (χ3n) is 2.80. The van der Waals surface area contributed by atoms with Gasteiger partial charge in [-0.1, -0.05) is 12.5 Å². The zero-order chi connectivity index (χ0) is 12.5. The van der Waals surface area contributed by atoms with Gasteiger partial charge in [-0.3, -0.25) is 4.79 Å². The summed E-state index contributed by atoms with van der Waals surface area (Å²) in [4.78, 5) is 13.7. The molecule has 1 aromatic rings. The summed E-state index contributed by atoms with van der Waals surface area (Å²) >= 11 is 5.62. The number of halogens is 1. The van der Waals surface area contributed by atoms with Gasteiger partial charge in [-0.2, -0.15) is 0 Å². The first-order valence-corrected chi connectivity index (χ1v) is 6.67. The molecule has 0 spiro atoms. The van der Waals surface area contributed by atoms with Crippen LogP contribution in [0.5, 0.6) is 0 Å². The minimum Gasteiger partial charge on any atom is -0.314 e. The third kappa shape index (κ3) is 5.89. The number of unbranched alkanes of at least 4 members (excludes halogenated alkanes) is 2. The highest BCUT2D eigenvalue weighted by molar-refractivity contribution is 6.17. The normalized spacial score (nSPS) is 11.0. The van der Waals surface area contributed by atoms with Crippen LogP contribution in [0.4, 0.5) is 0 Å². The van der Waals surface area contributed by atoms with Gasteiger partial charge in [0.25, 0.3) is 5.56 Å². The largest absolute Gasteiger partial charge is 0.314 e. The highest BCUT2D eigenvalue weighted by atomic mass is 35.5. The van der Waals surface area contributed by atoms with Crippen molar-refractivity contribution in [1.29, 1.82) is 0 Å². The summed E-state index contributed by atoms with van der Waals surface area (Å²) in [6.07, 6.45) is 5.28. The van der Waals surface area contributed by atoms with Gasteiger partial charge in [0, 0.05) is 31.2 Å². The van der Waals surface area contributed by atoms with Crippen LogP contribution in [0.3, 0.4) is 0 Å². The summed E-state index contributed by atoms with van der Waals surface area (Å²) in [5.41, 5.74) is 0.0723. The highest BCUT2D eigenvalue weighted by Crippen LogP contribution is 1.99. The Labute approximate surface area is 108 Å². The van der Waals surface area contributed by atoms with E-state index in [0.717, 1.165) is 31.9 Å². The predicted octanol–water partition coefficient (Wildman–Crippen LogP) is 2.19. The summed E-state index contributed by atoms with van der Waals surface area (Å²) in [6, 6.07) is 5.26. The lowest BCUT2D eigenvalue weighted by molar-refractivity contribution is 0.309. The van der Waals surface area contributed by atoms with Crippen LogP contribution in [-0.4, -0.2) is 35.5 Å². The van der Waals surface area contributed by atoms with E-state index in [1.54, 1.807) is 16.7 Å². The zero-order valence-corrected chi connectivity index (χ0v) is 11.2. The number of aromatic nitrogens is 1. The molecule has 0 fully saturated rings. The third-order valence-corrected chi connectivity index (χ3v) is 3.06. The Bertz CT molecular complexity index is 364. The Morgan fingerprint density at radius 2 is 2.06 bits per heavy atom. The lowest BCUT2D eigenvalue weighted by Gasteiger charge is -2.16. The average molecular weight is 257 g/mol. The molecule has 1 heterocycles. The number of pyridine rings is 1. The minimum absolute atomic E-state index is 0.0723. The molecule has 4 heteroatoms. The van der Waals surface area contributed by atoms with Gasteiger partial charge in [-0.05, 0) is 32.5 Å². The molecule has 0 bridgehead atoms. The zero-order valence-electron chi connectivity index (χ0n) is 10.4. The average Bonchev–Trinajstić information content (AvgIpc) is 2.34. The summed E-state index contributed by atoms with van der Waals surface area (Å²) < 4.78 is 1.75. The Balaban J connectivity index is 2.22. The molecule has 3 nitrogen and oxygen atoms in total. The smallest absolute Gasteiger partial charge is 0.250 e. The van der Waals surface area contributed by atoms with E-state index in [-0.39, 0.29) is 5.56 Å². The molecular weight excluding hydrogens is 236 g/mol. The van der Waals surface area contributed by atoms with Gasteiger partial charge in [0.1, 0.15) is 0 Å². The molecule has 0 unspecified atom stereocenters. The highest BCUT2D eigenvalue weighted by Gasteiger charge is 1.99. The Hall–Kier alpha value is -0.800. The van der Waals surface area contributed by atoms with Crippen molar-refractivity contribution in [2.45, 2.75) is 25.8 Å². The van der Waals surface area contributed by atoms with Gasteiger partial charge < -0.3 is 9.47 Å². The van der Waals surface area contributed by atoms with E-state index >= 15 is 0 Å². The molecule has 0 amide bonds. The van der Waals surface area contributed by atoms with Crippen LogP contribution in [0.15, 0.2) is 29.2 Å². The molecule has 0 aliphatic rings. The van der Waals surface area contributed by atoms with Crippen molar-refractivity contribution in [3.63, 3.8) is 0 Å². The molecule has 0 aromatic carbocycles. The first-order chi connectivity index (χ1) is 8.24. The minimum atomic E-state index is 0.0723. The second-order valence-electron chi connectivity index (χ2n) is 4.29. The number of likely N-dealkylation sites (N-methyl/N-ethyl adjacent to an activating group) is 1. The SMILES string of the molecule is CN(CCCCCCl)CCn1ccccc1=O. The van der Waals surface area contributed by atoms with Crippen LogP contribution in [0, 0.1) is 0 Å². The van der Waals surface area contributed by atoms with Crippen molar-refractivity contribution in [3.05, 3.63) is 34.7 Å². The molecule has 17 heavy (non-hydrogen) atoms. The first-order valence-electron chi connectivity index (χ1n) is 6.14. The second-order valence-corrected chi connectivity index (χ2v) is 4.66. The lowest BCUT2D eigenvalue weighted by Crippen LogP contribution is -2.28. The molecule has 0 saturated heterocycles. The van der Waals surface area contributed by atoms with E-state index in [1.165, 1.54) is 12.8 Å². The molecule has 0 saturated carbocycles. The maximum Gasteiger partial charge on any atom is 0.250 e. The maximum absolute atomic E-state index is 11.5. The molecular formula is C13H21ClN2O. The predicted molar refractivity (Wildman–Crippen MR) is 72.8 cm³/mol. The van der Waals surface area contributed by atoms with E-state index < -0.39 is 0 Å². The fourth-order valence-corrected chi connectivity index (χ4v) is 1.88. The van der Waals surface area contributed by atoms with Crippen molar-refractivity contribution in [2.75, 3.05) is 26.0 Å². The second kappa shape index (κ2) is 8.31. The van der Waals surface area contributed by atoms with Gasteiger partial charge in [0.05, 0.1) is 0 Å². The van der Waals surface area contributed by atoms with Gasteiger partial charge in [-0.15, -0.1) is 11.6 Å². The van der Waals surface area contributed by atoms with Crippen LogP contribution in [-0.2, 0) is 6.54 Å². The summed E-state index contributed by atoms with van der Waals surface area (Å²) in [6.45, 7) is 2.73. The van der Waals surface area contributed by atoms with E-state index in [9.17, 15) is 4.79 Å². The molecule has 0 aliphatic carbocycles. The summed E-state index contributed by atoms with van der Waals surface area (Å²) in [5.74, 6) is 0.753. The van der Waals surface area contributed by atoms with E-state index in [4.69, 9.17) is 11.6 Å². The molecule has 0 aliphatic heterocycles. The summed E-state index contributed by atoms with van der Waals surface area (Å²) in [5, 5.41) is 0. The van der Waals surface area contributed by atoms with Crippen LogP contribution >= 0.6 is 11.6 Å². The standard InChI is InChI=1S/C13H21ClN2O/c1-15(9-5-2-4-8-14)11-12-16-10-6-3-7-13(16)17/h3,6-7,10H,2,4-5,8-9,11-12H2,1H3. The summed E-state index contributed by atoms with van der Waals surface area (Å²) in [7, 11) is 2.09. The van der Waals surface area contributed by atoms with Crippen molar-refractivity contribution >= 4 is 11.6 Å². The first kappa shape index (κ1) is 14.3. The fraction of sp³-hybridized carbons (Fsp3) is 0.615. The number of alkyl halides is 1. The van der Waals surface area contributed by atoms with E-state index in [0.29, 0.717) is 0 Å². The van der Waals surface area contributed by atoms with E-state index in [2.05, 4.69) is 11.9 Å². The van der Waals surface area contributed by atoms with Gasteiger partial charge in [-0.25, -0.2) is 0 Å². The Morgan fingerprint density at radius 1 is 1.24 bits per heavy atom. The number of hydrogen-bond donors (Lipinski definition) is 0. The Kier molecular flexibility index (Phi) is 6.97. The van der Waals surface area contributed by atoms with Gasteiger partial charge in [0.15, 0.2) is 0 Å². The molecule has 0 radical (unpaired) electrons. The molecule has 1 aromatic heterocycles. The van der Waals surface area contributed by atoms with E-state index in [1.807, 2.05) is 12.3 Å². The van der Waals surface area contributed by atoms with Crippen LogP contribution in [0.25, 0.3) is 0 Å². The van der Waals surface area contributed by atoms with Crippen molar-refractivity contribution < 1.29 is 0 Å². The quantitative estimate of drug-likeness (QED) is 0.526. The van der Waals surface area contributed by atoms with Crippen LogP contribution in [0.2, 0.25) is 0 Å². The molecule has 0 atom stereocenters. The number of rotatable bonds is 8. The number of nitrogens with zero attached hydrogens (tertiary/aromatic N) is 2. The lowest BCUT2D eigenvalue weighted by atomic mass is 10.2. The number of hydrogen-bond acceptors (Lipinski definition) is 2. The molecule has 96 valence electrons. The van der Waals surface area contributed by atoms with Crippen molar-refractivity contribution in [3.8, 4) is 0 Å². The monoisotopic (exact) mass is 256 g/mol. The van der Waals surface area contributed by atoms with Crippen molar-refractivity contribution in [2.24, 2.45) is 0 Å². The fourth-order valence-electron chi connectivity index (χ4n) is 1.69. The molecule has 0 N–H and O–H groups in total. The van der Waals surface area contributed by atoms with Crippen LogP contribution in [0.1, 0.15) is 19.3 Å². The van der Waals surface area contributed by atoms with Gasteiger partial charge >= 0.3 is 0 Å². The van der Waals surface area contributed by atoms with Crippen molar-refractivity contribution in [1.82, 2.24) is 9.47 Å².